The zero-order valence-electron chi connectivity index (χ0n) is 5.99. The third kappa shape index (κ3) is 1.81. The number of aliphatic hydroxyl groups is 1. The van der Waals surface area contributed by atoms with Gasteiger partial charge in [-0.15, -0.1) is 0 Å². The monoisotopic (exact) mass is 146 g/mol. The van der Waals surface area contributed by atoms with Gasteiger partial charge < -0.3 is 5.11 Å². The average Bonchev–Trinajstić information content (AvgIpc) is 2.53. The molecule has 1 N–H and O–H groups in total. The molecule has 1 saturated carbocycles. The second-order valence-electron chi connectivity index (χ2n) is 2.26. The summed E-state index contributed by atoms with van der Waals surface area (Å²) in [6, 6.07) is 1.81. The van der Waals surface area contributed by atoms with E-state index < -0.39 is 6.10 Å². The Morgan fingerprint density at radius 1 is 1.55 bits per heavy atom. The van der Waals surface area contributed by atoms with E-state index in [1.165, 1.54) is 0 Å². The second kappa shape index (κ2) is 3.54. The summed E-state index contributed by atoms with van der Waals surface area (Å²) in [6.07, 6.45) is 6.29. The number of nitrogens with zero attached hydrogens (tertiary/aromatic N) is 1. The van der Waals surface area contributed by atoms with Crippen molar-refractivity contribution in [3.8, 4) is 6.07 Å². The minimum atomic E-state index is -0.838. The van der Waals surface area contributed by atoms with E-state index in [1.54, 1.807) is 12.8 Å². The highest BCUT2D eigenvalue weighted by atomic mass is 16.3. The molecule has 0 saturated heterocycles. The van der Waals surface area contributed by atoms with Crippen LogP contribution in [0.2, 0.25) is 0 Å². The standard InChI is InChI=1S/C9H8NO/c1-7(6-10)9(11)8-4-2-3-5-8/h2-5,9,11H,1H2. The smallest absolute Gasteiger partial charge is 0.0968 e. The molecular weight excluding hydrogens is 138 g/mol. The summed E-state index contributed by atoms with van der Waals surface area (Å²) in [7, 11) is 0. The van der Waals surface area contributed by atoms with Gasteiger partial charge in [0.25, 0.3) is 0 Å². The van der Waals surface area contributed by atoms with Gasteiger partial charge in [0.1, 0.15) is 0 Å². The fourth-order valence-electron chi connectivity index (χ4n) is 0.834. The summed E-state index contributed by atoms with van der Waals surface area (Å²) in [5.74, 6) is 0.719. The number of hydrogen-bond acceptors (Lipinski definition) is 2. The average molecular weight is 146 g/mol. The second-order valence-corrected chi connectivity index (χ2v) is 2.26. The van der Waals surface area contributed by atoms with E-state index >= 15 is 0 Å². The fraction of sp³-hybridized carbons (Fsp3) is 0.111. The summed E-state index contributed by atoms with van der Waals surface area (Å²) < 4.78 is 0. The number of nitriles is 1. The van der Waals surface area contributed by atoms with Crippen LogP contribution in [0.4, 0.5) is 0 Å². The predicted molar refractivity (Wildman–Crippen MR) is 41.2 cm³/mol. The van der Waals surface area contributed by atoms with Crippen LogP contribution in [0, 0.1) is 42.9 Å². The van der Waals surface area contributed by atoms with Gasteiger partial charge >= 0.3 is 0 Å². The van der Waals surface area contributed by atoms with Crippen LogP contribution in [-0.4, -0.2) is 11.2 Å². The van der Waals surface area contributed by atoms with Crippen molar-refractivity contribution in [1.82, 2.24) is 0 Å². The molecule has 11 heavy (non-hydrogen) atoms. The van der Waals surface area contributed by atoms with E-state index in [-0.39, 0.29) is 5.57 Å². The van der Waals surface area contributed by atoms with Crippen molar-refractivity contribution < 1.29 is 5.11 Å². The Kier molecular flexibility index (Phi) is 2.67. The Bertz CT molecular complexity index is 186. The molecule has 1 fully saturated rings. The lowest BCUT2D eigenvalue weighted by Crippen LogP contribution is -2.17. The number of hydrogen-bond donors (Lipinski definition) is 1. The summed E-state index contributed by atoms with van der Waals surface area (Å²) in [6.45, 7) is 3.42. The molecule has 0 aromatic rings. The van der Waals surface area contributed by atoms with E-state index in [4.69, 9.17) is 5.26 Å². The van der Waals surface area contributed by atoms with Crippen molar-refractivity contribution in [2.75, 3.05) is 0 Å². The molecule has 1 atom stereocenters. The third-order valence-corrected chi connectivity index (χ3v) is 1.48. The lowest BCUT2D eigenvalue weighted by molar-refractivity contribution is 0.237. The molecule has 0 amide bonds. The highest BCUT2D eigenvalue weighted by molar-refractivity contribution is 5.43. The zero-order chi connectivity index (χ0) is 8.27. The molecule has 0 bridgehead atoms. The van der Waals surface area contributed by atoms with Gasteiger partial charge in [-0.05, 0) is 25.7 Å². The maximum absolute atomic E-state index is 9.36. The lowest BCUT2D eigenvalue weighted by atomic mass is 9.96. The normalized spacial score (nSPS) is 21.1. The van der Waals surface area contributed by atoms with Gasteiger partial charge in [-0.25, -0.2) is 0 Å². The van der Waals surface area contributed by atoms with E-state index in [0.717, 1.165) is 5.92 Å². The van der Waals surface area contributed by atoms with Crippen molar-refractivity contribution in [3.63, 3.8) is 0 Å². The minimum absolute atomic E-state index is 0.177. The molecular formula is C9H8NO. The van der Waals surface area contributed by atoms with Gasteiger partial charge in [0.2, 0.25) is 0 Å². The van der Waals surface area contributed by atoms with E-state index in [1.807, 2.05) is 18.9 Å². The van der Waals surface area contributed by atoms with Crippen molar-refractivity contribution in [1.29, 1.82) is 5.26 Å². The van der Waals surface area contributed by atoms with Crippen molar-refractivity contribution in [3.05, 3.63) is 43.8 Å². The van der Waals surface area contributed by atoms with Crippen LogP contribution in [0.5, 0.6) is 0 Å². The minimum Gasteiger partial charge on any atom is -0.387 e. The number of rotatable bonds is 2. The Hall–Kier alpha value is -0.810. The maximum atomic E-state index is 9.36. The quantitative estimate of drug-likeness (QED) is 0.586. The van der Waals surface area contributed by atoms with Crippen molar-refractivity contribution in [2.24, 2.45) is 0 Å². The SMILES string of the molecule is C=C(C#N)C(O)[C]1[CH][CH][CH][CH]1. The van der Waals surface area contributed by atoms with Crippen LogP contribution >= 0.6 is 0 Å². The first kappa shape index (κ1) is 8.29. The Morgan fingerprint density at radius 2 is 2.09 bits per heavy atom. The highest BCUT2D eigenvalue weighted by Crippen LogP contribution is 2.28. The van der Waals surface area contributed by atoms with E-state index in [0.29, 0.717) is 0 Å². The van der Waals surface area contributed by atoms with Crippen LogP contribution < -0.4 is 0 Å². The molecule has 0 aromatic carbocycles. The summed E-state index contributed by atoms with van der Waals surface area (Å²) in [4.78, 5) is 0. The maximum Gasteiger partial charge on any atom is 0.0968 e. The van der Waals surface area contributed by atoms with Crippen LogP contribution in [0.15, 0.2) is 12.2 Å². The fourth-order valence-corrected chi connectivity index (χ4v) is 0.834. The zero-order valence-corrected chi connectivity index (χ0v) is 5.99. The summed E-state index contributed by atoms with van der Waals surface area (Å²) in [5.41, 5.74) is 0.177. The Balaban J connectivity index is 2.47. The molecule has 2 nitrogen and oxygen atoms in total. The Morgan fingerprint density at radius 3 is 2.55 bits per heavy atom. The summed E-state index contributed by atoms with van der Waals surface area (Å²) in [5, 5.41) is 17.8. The molecule has 1 aliphatic carbocycles. The predicted octanol–water partition coefficient (Wildman–Crippen LogP) is 0.832. The molecule has 0 aromatic heterocycles. The molecule has 0 heterocycles. The van der Waals surface area contributed by atoms with Gasteiger partial charge in [-0.2, -0.15) is 5.26 Å². The Labute approximate surface area is 67.2 Å². The van der Waals surface area contributed by atoms with Gasteiger partial charge in [-0.3, -0.25) is 0 Å². The summed E-state index contributed by atoms with van der Waals surface area (Å²) >= 11 is 0. The molecule has 0 spiro atoms. The van der Waals surface area contributed by atoms with Crippen LogP contribution in [0.1, 0.15) is 0 Å². The van der Waals surface area contributed by atoms with Gasteiger partial charge in [-0.1, -0.05) is 6.58 Å². The molecule has 5 radical (unpaired) electrons. The first-order valence-corrected chi connectivity index (χ1v) is 3.24. The van der Waals surface area contributed by atoms with Gasteiger partial charge in [0, 0.05) is 5.92 Å². The molecule has 0 aliphatic heterocycles. The molecule has 1 unspecified atom stereocenters. The van der Waals surface area contributed by atoms with Crippen molar-refractivity contribution >= 4 is 0 Å². The van der Waals surface area contributed by atoms with Gasteiger partial charge in [0.05, 0.1) is 17.7 Å². The van der Waals surface area contributed by atoms with Crippen LogP contribution in [-0.2, 0) is 0 Å². The van der Waals surface area contributed by atoms with Gasteiger partial charge in [0.15, 0.2) is 0 Å². The first-order valence-electron chi connectivity index (χ1n) is 3.24. The largest absolute Gasteiger partial charge is 0.387 e. The molecule has 55 valence electrons. The van der Waals surface area contributed by atoms with E-state index in [2.05, 4.69) is 6.58 Å². The van der Waals surface area contributed by atoms with Crippen LogP contribution in [0.25, 0.3) is 0 Å². The first-order chi connectivity index (χ1) is 5.25. The lowest BCUT2D eigenvalue weighted by Gasteiger charge is -2.13. The number of aliphatic hydroxyl groups excluding tert-OH is 1. The molecule has 1 aliphatic rings. The highest BCUT2D eigenvalue weighted by Gasteiger charge is 2.26. The molecule has 2 heteroatoms. The van der Waals surface area contributed by atoms with Crippen molar-refractivity contribution in [2.45, 2.75) is 6.10 Å². The topological polar surface area (TPSA) is 44.0 Å². The van der Waals surface area contributed by atoms with Crippen LogP contribution in [0.3, 0.4) is 0 Å². The van der Waals surface area contributed by atoms with E-state index in [9.17, 15) is 5.11 Å². The molecule has 1 rings (SSSR count). The third-order valence-electron chi connectivity index (χ3n) is 1.48.